The normalized spacial score (nSPS) is 16.6. The number of rotatable bonds is 4. The number of fused-ring (bicyclic) bond motifs is 1. The number of amides is 2. The van der Waals surface area contributed by atoms with E-state index in [1.54, 1.807) is 0 Å². The zero-order valence-electron chi connectivity index (χ0n) is 12.7. The Hall–Kier alpha value is -2.63. The second kappa shape index (κ2) is 6.24. The minimum absolute atomic E-state index is 0.0160. The van der Waals surface area contributed by atoms with Gasteiger partial charge in [0.15, 0.2) is 0 Å². The summed E-state index contributed by atoms with van der Waals surface area (Å²) in [5.41, 5.74) is 1.00. The predicted octanol–water partition coefficient (Wildman–Crippen LogP) is 2.51. The number of furan rings is 1. The molecule has 1 aliphatic rings. The number of hydrogen-bond acceptors (Lipinski definition) is 3. The summed E-state index contributed by atoms with van der Waals surface area (Å²) >= 11 is 0. The number of nitrogens with one attached hydrogen (secondary N) is 2. The molecule has 0 saturated carbocycles. The van der Waals surface area contributed by atoms with Gasteiger partial charge >= 0.3 is 0 Å². The Kier molecular flexibility index (Phi) is 4.14. The zero-order valence-corrected chi connectivity index (χ0v) is 12.7. The first-order valence-electron chi connectivity index (χ1n) is 7.45. The van der Waals surface area contributed by atoms with Crippen molar-refractivity contribution in [2.75, 3.05) is 11.9 Å². The number of aryl methyl sites for hydroxylation is 1. The Morgan fingerprint density at radius 1 is 1.39 bits per heavy atom. The van der Waals surface area contributed by atoms with E-state index in [0.29, 0.717) is 24.2 Å². The molecule has 120 valence electrons. The van der Waals surface area contributed by atoms with Gasteiger partial charge in [0.1, 0.15) is 17.3 Å². The van der Waals surface area contributed by atoms with Gasteiger partial charge in [-0.05, 0) is 42.8 Å². The minimum Gasteiger partial charge on any atom is -0.466 e. The lowest BCUT2D eigenvalue weighted by Gasteiger charge is -2.24. The molecular weight excluding hydrogens is 299 g/mol. The first kappa shape index (κ1) is 15.3. The fourth-order valence-corrected chi connectivity index (χ4v) is 2.72. The molecule has 2 amide bonds. The molecule has 0 fully saturated rings. The maximum atomic E-state index is 13.4. The highest BCUT2D eigenvalue weighted by Crippen LogP contribution is 2.32. The average molecular weight is 316 g/mol. The van der Waals surface area contributed by atoms with Gasteiger partial charge in [0, 0.05) is 25.1 Å². The second-order valence-electron chi connectivity index (χ2n) is 5.59. The van der Waals surface area contributed by atoms with Gasteiger partial charge in [0.25, 0.3) is 0 Å². The predicted molar refractivity (Wildman–Crippen MR) is 82.5 cm³/mol. The van der Waals surface area contributed by atoms with Crippen molar-refractivity contribution in [1.29, 1.82) is 0 Å². The van der Waals surface area contributed by atoms with Crippen LogP contribution >= 0.6 is 0 Å². The summed E-state index contributed by atoms with van der Waals surface area (Å²) in [6.45, 7) is 2.25. The van der Waals surface area contributed by atoms with Crippen molar-refractivity contribution >= 4 is 17.5 Å². The maximum absolute atomic E-state index is 13.4. The molecule has 0 bridgehead atoms. The van der Waals surface area contributed by atoms with E-state index in [0.717, 1.165) is 11.5 Å². The van der Waals surface area contributed by atoms with E-state index in [1.807, 2.05) is 19.1 Å². The van der Waals surface area contributed by atoms with Gasteiger partial charge in [-0.2, -0.15) is 0 Å². The van der Waals surface area contributed by atoms with Gasteiger partial charge in [-0.1, -0.05) is 0 Å². The fraction of sp³-hybridized carbons (Fsp3) is 0.294. The van der Waals surface area contributed by atoms with Crippen molar-refractivity contribution in [1.82, 2.24) is 5.32 Å². The summed E-state index contributed by atoms with van der Waals surface area (Å²) in [6, 6.07) is 7.77. The lowest BCUT2D eigenvalue weighted by atomic mass is 9.89. The van der Waals surface area contributed by atoms with Gasteiger partial charge in [0.2, 0.25) is 11.8 Å². The van der Waals surface area contributed by atoms with E-state index in [1.165, 1.54) is 18.2 Å². The molecule has 1 aliphatic heterocycles. The molecule has 1 atom stereocenters. The van der Waals surface area contributed by atoms with Crippen molar-refractivity contribution < 1.29 is 18.4 Å². The van der Waals surface area contributed by atoms with Crippen LogP contribution in [-0.4, -0.2) is 18.4 Å². The molecule has 1 aromatic carbocycles. The van der Waals surface area contributed by atoms with Crippen molar-refractivity contribution in [2.45, 2.75) is 25.7 Å². The average Bonchev–Trinajstić information content (AvgIpc) is 2.92. The van der Waals surface area contributed by atoms with Crippen LogP contribution in [0.2, 0.25) is 0 Å². The van der Waals surface area contributed by atoms with Crippen LogP contribution in [0.1, 0.15) is 29.4 Å². The zero-order chi connectivity index (χ0) is 16.4. The quantitative estimate of drug-likeness (QED) is 0.910. The van der Waals surface area contributed by atoms with E-state index in [2.05, 4.69) is 10.6 Å². The Labute approximate surface area is 132 Å². The van der Waals surface area contributed by atoms with Crippen LogP contribution in [-0.2, 0) is 16.0 Å². The Morgan fingerprint density at radius 3 is 2.96 bits per heavy atom. The molecule has 0 radical (unpaired) electrons. The summed E-state index contributed by atoms with van der Waals surface area (Å²) in [5, 5.41) is 5.45. The van der Waals surface area contributed by atoms with Gasteiger partial charge in [-0.25, -0.2) is 4.39 Å². The number of anilines is 1. The number of hydrogen-bond donors (Lipinski definition) is 2. The SMILES string of the molecule is Cc1ccc(CCNC(=O)[C@@H]2CC(=O)Nc3ccc(F)cc32)o1. The van der Waals surface area contributed by atoms with Gasteiger partial charge in [-0.15, -0.1) is 0 Å². The molecule has 2 aromatic rings. The molecular formula is C17H17FN2O3. The van der Waals surface area contributed by atoms with Crippen LogP contribution in [0, 0.1) is 12.7 Å². The molecule has 2 heterocycles. The summed E-state index contributed by atoms with van der Waals surface area (Å²) in [7, 11) is 0. The van der Waals surface area contributed by atoms with Gasteiger partial charge in [0.05, 0.1) is 5.92 Å². The van der Waals surface area contributed by atoms with Crippen molar-refractivity contribution in [2.24, 2.45) is 0 Å². The third kappa shape index (κ3) is 3.41. The van der Waals surface area contributed by atoms with Crippen LogP contribution in [0.3, 0.4) is 0 Å². The van der Waals surface area contributed by atoms with Gasteiger partial charge in [-0.3, -0.25) is 9.59 Å². The standard InChI is InChI=1S/C17H17FN2O3/c1-10-2-4-12(23-10)6-7-19-17(22)14-9-16(21)20-15-5-3-11(18)8-13(14)15/h2-5,8,14H,6-7,9H2,1H3,(H,19,22)(H,20,21)/t14-/m1/s1. The van der Waals surface area contributed by atoms with Crippen LogP contribution in [0.5, 0.6) is 0 Å². The lowest BCUT2D eigenvalue weighted by Crippen LogP contribution is -2.36. The van der Waals surface area contributed by atoms with E-state index in [4.69, 9.17) is 4.42 Å². The first-order chi connectivity index (χ1) is 11.0. The monoisotopic (exact) mass is 316 g/mol. The minimum atomic E-state index is -0.673. The summed E-state index contributed by atoms with van der Waals surface area (Å²) < 4.78 is 18.9. The maximum Gasteiger partial charge on any atom is 0.228 e. The highest BCUT2D eigenvalue weighted by Gasteiger charge is 2.30. The molecule has 2 N–H and O–H groups in total. The topological polar surface area (TPSA) is 71.3 Å². The second-order valence-corrected chi connectivity index (χ2v) is 5.59. The largest absolute Gasteiger partial charge is 0.466 e. The molecule has 3 rings (SSSR count). The molecule has 0 saturated heterocycles. The van der Waals surface area contributed by atoms with Crippen LogP contribution in [0.4, 0.5) is 10.1 Å². The molecule has 1 aromatic heterocycles. The molecule has 0 aliphatic carbocycles. The Balaban J connectivity index is 1.67. The highest BCUT2D eigenvalue weighted by molar-refractivity contribution is 6.01. The van der Waals surface area contributed by atoms with E-state index >= 15 is 0 Å². The van der Waals surface area contributed by atoms with Crippen LogP contribution in [0.15, 0.2) is 34.7 Å². The molecule has 0 unspecified atom stereocenters. The first-order valence-corrected chi connectivity index (χ1v) is 7.45. The summed E-state index contributed by atoms with van der Waals surface area (Å²) in [5.74, 6) is -0.0206. The molecule has 0 spiro atoms. The number of halogens is 1. The molecule has 5 nitrogen and oxygen atoms in total. The third-order valence-corrected chi connectivity index (χ3v) is 3.84. The highest BCUT2D eigenvalue weighted by atomic mass is 19.1. The molecule has 23 heavy (non-hydrogen) atoms. The number of carbonyl (C=O) groups is 2. The van der Waals surface area contributed by atoms with Crippen molar-refractivity contribution in [3.05, 3.63) is 53.2 Å². The van der Waals surface area contributed by atoms with Crippen molar-refractivity contribution in [3.8, 4) is 0 Å². The lowest BCUT2D eigenvalue weighted by molar-refractivity contribution is -0.126. The third-order valence-electron chi connectivity index (χ3n) is 3.84. The smallest absolute Gasteiger partial charge is 0.228 e. The Bertz CT molecular complexity index is 754. The van der Waals surface area contributed by atoms with Gasteiger partial charge < -0.3 is 15.1 Å². The van der Waals surface area contributed by atoms with Crippen LogP contribution in [0.25, 0.3) is 0 Å². The van der Waals surface area contributed by atoms with Crippen LogP contribution < -0.4 is 10.6 Å². The fourth-order valence-electron chi connectivity index (χ4n) is 2.72. The summed E-state index contributed by atoms with van der Waals surface area (Å²) in [6.07, 6.45) is 0.580. The van der Waals surface area contributed by atoms with E-state index < -0.39 is 11.7 Å². The van der Waals surface area contributed by atoms with Crippen molar-refractivity contribution in [3.63, 3.8) is 0 Å². The summed E-state index contributed by atoms with van der Waals surface area (Å²) in [4.78, 5) is 24.1. The molecule has 6 heteroatoms. The Morgan fingerprint density at radius 2 is 2.22 bits per heavy atom. The number of benzene rings is 1. The number of carbonyl (C=O) groups excluding carboxylic acids is 2. The van der Waals surface area contributed by atoms with E-state index in [-0.39, 0.29) is 18.2 Å². The van der Waals surface area contributed by atoms with E-state index in [9.17, 15) is 14.0 Å².